The van der Waals surface area contributed by atoms with Crippen LogP contribution in [0.5, 0.6) is 0 Å². The quantitative estimate of drug-likeness (QED) is 0.604. The maximum absolute atomic E-state index is 4.39. The molecule has 0 aliphatic carbocycles. The fourth-order valence-electron chi connectivity index (χ4n) is 0.858. The molecule has 0 aliphatic heterocycles. The third-order valence-corrected chi connectivity index (χ3v) is 1.87. The first kappa shape index (κ1) is 8.98. The lowest BCUT2D eigenvalue weighted by molar-refractivity contribution is 0.720. The molecule has 0 bridgehead atoms. The van der Waals surface area contributed by atoms with Crippen molar-refractivity contribution < 1.29 is 0 Å². The van der Waals surface area contributed by atoms with Crippen LogP contribution in [0.3, 0.4) is 0 Å². The standard InChI is InChI=1S/C11H15N/c1-3-10(2)12-9-11-7-5-4-6-8-11/h4-10H,3H2,1-2H3. The molecule has 1 rings (SSSR count). The average molecular weight is 161 g/mol. The van der Waals surface area contributed by atoms with Gasteiger partial charge in [0.05, 0.1) is 0 Å². The number of aliphatic imine (C=N–C) groups is 1. The van der Waals surface area contributed by atoms with Gasteiger partial charge >= 0.3 is 0 Å². The number of hydrogen-bond donors (Lipinski definition) is 0. The minimum atomic E-state index is 0.435. The second-order valence-corrected chi connectivity index (χ2v) is 2.95. The molecule has 1 aromatic rings. The van der Waals surface area contributed by atoms with Gasteiger partial charge in [-0.1, -0.05) is 37.3 Å². The highest BCUT2D eigenvalue weighted by molar-refractivity contribution is 5.79. The Kier molecular flexibility index (Phi) is 3.52. The van der Waals surface area contributed by atoms with Gasteiger partial charge in [0.15, 0.2) is 0 Å². The molecule has 12 heavy (non-hydrogen) atoms. The summed E-state index contributed by atoms with van der Waals surface area (Å²) >= 11 is 0. The van der Waals surface area contributed by atoms with Crippen molar-refractivity contribution in [2.45, 2.75) is 26.3 Å². The van der Waals surface area contributed by atoms with Gasteiger partial charge in [-0.3, -0.25) is 4.99 Å². The number of nitrogens with zero attached hydrogens (tertiary/aromatic N) is 1. The van der Waals surface area contributed by atoms with E-state index >= 15 is 0 Å². The highest BCUT2D eigenvalue weighted by atomic mass is 14.7. The third-order valence-electron chi connectivity index (χ3n) is 1.87. The Bertz CT molecular complexity index is 238. The maximum atomic E-state index is 4.39. The zero-order valence-corrected chi connectivity index (χ0v) is 7.70. The average Bonchev–Trinajstić information content (AvgIpc) is 2.16. The summed E-state index contributed by atoms with van der Waals surface area (Å²) in [5.41, 5.74) is 1.18. The SMILES string of the molecule is CCC(C)N=Cc1ccccc1. The summed E-state index contributed by atoms with van der Waals surface area (Å²) in [6, 6.07) is 10.6. The lowest BCUT2D eigenvalue weighted by atomic mass is 10.2. The molecule has 0 amide bonds. The normalized spacial score (nSPS) is 13.5. The van der Waals surface area contributed by atoms with Gasteiger partial charge in [-0.2, -0.15) is 0 Å². The van der Waals surface area contributed by atoms with Crippen LogP contribution in [0, 0.1) is 0 Å². The smallest absolute Gasteiger partial charge is 0.0469 e. The van der Waals surface area contributed by atoms with Crippen molar-refractivity contribution in [1.29, 1.82) is 0 Å². The molecular weight excluding hydrogens is 146 g/mol. The Morgan fingerprint density at radius 1 is 1.33 bits per heavy atom. The molecule has 64 valence electrons. The molecule has 1 atom stereocenters. The van der Waals surface area contributed by atoms with E-state index in [1.54, 1.807) is 0 Å². The predicted molar refractivity (Wildman–Crippen MR) is 53.8 cm³/mol. The van der Waals surface area contributed by atoms with E-state index in [1.807, 2.05) is 24.4 Å². The van der Waals surface area contributed by atoms with Crippen LogP contribution in [0.15, 0.2) is 35.3 Å². The number of rotatable bonds is 3. The maximum Gasteiger partial charge on any atom is 0.0469 e. The first-order valence-electron chi connectivity index (χ1n) is 4.41. The van der Waals surface area contributed by atoms with E-state index in [0.717, 1.165) is 6.42 Å². The Hall–Kier alpha value is -1.11. The summed E-state index contributed by atoms with van der Waals surface area (Å²) in [5, 5.41) is 0. The molecule has 1 nitrogen and oxygen atoms in total. The van der Waals surface area contributed by atoms with Crippen molar-refractivity contribution in [2.24, 2.45) is 4.99 Å². The van der Waals surface area contributed by atoms with Crippen molar-refractivity contribution in [3.05, 3.63) is 35.9 Å². The van der Waals surface area contributed by atoms with Crippen LogP contribution in [0.4, 0.5) is 0 Å². The molecule has 0 N–H and O–H groups in total. The van der Waals surface area contributed by atoms with Crippen LogP contribution in [-0.2, 0) is 0 Å². The van der Waals surface area contributed by atoms with Crippen LogP contribution in [0.2, 0.25) is 0 Å². The van der Waals surface area contributed by atoms with Crippen molar-refractivity contribution in [3.8, 4) is 0 Å². The van der Waals surface area contributed by atoms with Crippen LogP contribution in [0.1, 0.15) is 25.8 Å². The summed E-state index contributed by atoms with van der Waals surface area (Å²) < 4.78 is 0. The molecule has 0 fully saturated rings. The van der Waals surface area contributed by atoms with E-state index in [-0.39, 0.29) is 0 Å². The van der Waals surface area contributed by atoms with Gasteiger partial charge in [0, 0.05) is 12.3 Å². The van der Waals surface area contributed by atoms with Gasteiger partial charge in [0.25, 0.3) is 0 Å². The monoisotopic (exact) mass is 161 g/mol. The largest absolute Gasteiger partial charge is 0.290 e. The summed E-state index contributed by atoms with van der Waals surface area (Å²) in [6.07, 6.45) is 3.04. The van der Waals surface area contributed by atoms with Crippen LogP contribution < -0.4 is 0 Å². The van der Waals surface area contributed by atoms with E-state index in [1.165, 1.54) is 5.56 Å². The first-order chi connectivity index (χ1) is 5.83. The highest BCUT2D eigenvalue weighted by Gasteiger charge is 1.90. The van der Waals surface area contributed by atoms with Crippen LogP contribution in [-0.4, -0.2) is 12.3 Å². The molecule has 0 spiro atoms. The molecule has 0 aliphatic rings. The Morgan fingerprint density at radius 3 is 2.58 bits per heavy atom. The second-order valence-electron chi connectivity index (χ2n) is 2.95. The molecule has 0 radical (unpaired) electrons. The van der Waals surface area contributed by atoms with Crippen LogP contribution in [0.25, 0.3) is 0 Å². The van der Waals surface area contributed by atoms with Gasteiger partial charge < -0.3 is 0 Å². The van der Waals surface area contributed by atoms with Gasteiger partial charge in [0.1, 0.15) is 0 Å². The van der Waals surface area contributed by atoms with Gasteiger partial charge in [-0.25, -0.2) is 0 Å². The number of hydrogen-bond acceptors (Lipinski definition) is 1. The molecule has 0 heterocycles. The van der Waals surface area contributed by atoms with Gasteiger partial charge in [-0.15, -0.1) is 0 Å². The molecule has 0 saturated carbocycles. The van der Waals surface area contributed by atoms with Crippen molar-refractivity contribution in [2.75, 3.05) is 0 Å². The minimum Gasteiger partial charge on any atom is -0.290 e. The lowest BCUT2D eigenvalue weighted by Crippen LogP contribution is -1.94. The highest BCUT2D eigenvalue weighted by Crippen LogP contribution is 1.98. The lowest BCUT2D eigenvalue weighted by Gasteiger charge is -1.99. The van der Waals surface area contributed by atoms with E-state index in [9.17, 15) is 0 Å². The summed E-state index contributed by atoms with van der Waals surface area (Å²) in [5.74, 6) is 0. The summed E-state index contributed by atoms with van der Waals surface area (Å²) in [6.45, 7) is 4.27. The van der Waals surface area contributed by atoms with Crippen LogP contribution >= 0.6 is 0 Å². The molecular formula is C11H15N. The van der Waals surface area contributed by atoms with Crippen molar-refractivity contribution in [1.82, 2.24) is 0 Å². The van der Waals surface area contributed by atoms with Gasteiger partial charge in [0.2, 0.25) is 0 Å². The van der Waals surface area contributed by atoms with Crippen molar-refractivity contribution in [3.63, 3.8) is 0 Å². The van der Waals surface area contributed by atoms with E-state index < -0.39 is 0 Å². The van der Waals surface area contributed by atoms with Gasteiger partial charge in [-0.05, 0) is 18.9 Å². The topological polar surface area (TPSA) is 12.4 Å². The van der Waals surface area contributed by atoms with E-state index in [2.05, 4.69) is 31.0 Å². The Morgan fingerprint density at radius 2 is 2.00 bits per heavy atom. The fraction of sp³-hybridized carbons (Fsp3) is 0.364. The minimum absolute atomic E-state index is 0.435. The Balaban J connectivity index is 2.58. The Labute approximate surface area is 74.2 Å². The zero-order chi connectivity index (χ0) is 8.81. The summed E-state index contributed by atoms with van der Waals surface area (Å²) in [4.78, 5) is 4.39. The van der Waals surface area contributed by atoms with E-state index in [0.29, 0.717) is 6.04 Å². The first-order valence-corrected chi connectivity index (χ1v) is 4.41. The molecule has 1 aromatic carbocycles. The number of benzene rings is 1. The predicted octanol–water partition coefficient (Wildman–Crippen LogP) is 2.90. The molecule has 1 heteroatoms. The molecule has 1 unspecified atom stereocenters. The second kappa shape index (κ2) is 4.70. The summed E-state index contributed by atoms with van der Waals surface area (Å²) in [7, 11) is 0. The van der Waals surface area contributed by atoms with E-state index in [4.69, 9.17) is 0 Å². The third kappa shape index (κ3) is 2.87. The van der Waals surface area contributed by atoms with Crippen molar-refractivity contribution >= 4 is 6.21 Å². The molecule has 0 saturated heterocycles. The fourth-order valence-corrected chi connectivity index (χ4v) is 0.858. The zero-order valence-electron chi connectivity index (χ0n) is 7.70. The molecule has 0 aromatic heterocycles.